The number of nitrogens with one attached hydrogen (secondary N) is 1. The van der Waals surface area contributed by atoms with Crippen molar-refractivity contribution in [2.45, 2.75) is 12.5 Å². The highest BCUT2D eigenvalue weighted by Crippen LogP contribution is 2.29. The van der Waals surface area contributed by atoms with E-state index in [1.807, 2.05) is 36.4 Å². The summed E-state index contributed by atoms with van der Waals surface area (Å²) in [5.74, 6) is -0.205. The summed E-state index contributed by atoms with van der Waals surface area (Å²) < 4.78 is 0. The molecule has 6 nitrogen and oxygen atoms in total. The third-order valence-electron chi connectivity index (χ3n) is 4.22. The molecule has 3 aromatic rings. The molecule has 0 aliphatic carbocycles. The third-order valence-corrected chi connectivity index (χ3v) is 5.19. The zero-order valence-electron chi connectivity index (χ0n) is 13.4. The van der Waals surface area contributed by atoms with Crippen LogP contribution in [0.2, 0.25) is 0 Å². The van der Waals surface area contributed by atoms with Gasteiger partial charge in [-0.15, -0.1) is 0 Å². The predicted molar refractivity (Wildman–Crippen MR) is 95.3 cm³/mol. The summed E-state index contributed by atoms with van der Waals surface area (Å²) in [6, 6.07) is 13.0. The lowest BCUT2D eigenvalue weighted by molar-refractivity contribution is -0.121. The normalized spacial score (nSPS) is 18.0. The van der Waals surface area contributed by atoms with E-state index in [0.29, 0.717) is 18.1 Å². The maximum absolute atomic E-state index is 13.1. The van der Waals surface area contributed by atoms with Gasteiger partial charge in [0.2, 0.25) is 5.91 Å². The Balaban J connectivity index is 1.71. The van der Waals surface area contributed by atoms with Gasteiger partial charge in [-0.25, -0.2) is 9.97 Å². The minimum atomic E-state index is -0.295. The fourth-order valence-electron chi connectivity index (χ4n) is 3.03. The highest BCUT2D eigenvalue weighted by atomic mass is 32.1. The number of benzene rings is 1. The molecule has 0 saturated carbocycles. The van der Waals surface area contributed by atoms with Gasteiger partial charge in [-0.3, -0.25) is 9.59 Å². The number of pyridine rings is 1. The zero-order chi connectivity index (χ0) is 17.2. The second kappa shape index (κ2) is 6.60. The summed E-state index contributed by atoms with van der Waals surface area (Å²) >= 11 is 1.29. The van der Waals surface area contributed by atoms with Gasteiger partial charge in [0.25, 0.3) is 5.91 Å². The van der Waals surface area contributed by atoms with Gasteiger partial charge < -0.3 is 10.2 Å². The number of hydrogen-bond acceptors (Lipinski definition) is 5. The lowest BCUT2D eigenvalue weighted by atomic mass is 10.0. The number of rotatable bonds is 2. The van der Waals surface area contributed by atoms with Crippen molar-refractivity contribution in [1.29, 1.82) is 0 Å². The van der Waals surface area contributed by atoms with E-state index in [0.717, 1.165) is 15.9 Å². The van der Waals surface area contributed by atoms with E-state index >= 15 is 0 Å². The van der Waals surface area contributed by atoms with Crippen molar-refractivity contribution in [3.8, 4) is 0 Å². The van der Waals surface area contributed by atoms with E-state index in [9.17, 15) is 9.59 Å². The average Bonchev–Trinajstić information content (AvgIpc) is 2.98. The maximum Gasteiger partial charge on any atom is 0.283 e. The topological polar surface area (TPSA) is 75.2 Å². The van der Waals surface area contributed by atoms with Crippen molar-refractivity contribution < 1.29 is 9.59 Å². The SMILES string of the molecule is O=C1CC(c2ccccc2)N(C(=O)c2nc3cccnc3s2)CCN1. The molecule has 1 aromatic carbocycles. The van der Waals surface area contributed by atoms with Gasteiger partial charge in [0.1, 0.15) is 10.3 Å². The second-order valence-corrected chi connectivity index (χ2v) is 6.80. The molecule has 4 rings (SSSR count). The fourth-order valence-corrected chi connectivity index (χ4v) is 3.89. The van der Waals surface area contributed by atoms with Crippen molar-refractivity contribution in [2.75, 3.05) is 13.1 Å². The Labute approximate surface area is 148 Å². The lowest BCUT2D eigenvalue weighted by Crippen LogP contribution is -2.36. The maximum atomic E-state index is 13.1. The number of aromatic nitrogens is 2. The number of carbonyl (C=O) groups excluding carboxylic acids is 2. The van der Waals surface area contributed by atoms with E-state index in [4.69, 9.17) is 0 Å². The van der Waals surface area contributed by atoms with Gasteiger partial charge in [-0.05, 0) is 17.7 Å². The molecule has 1 saturated heterocycles. The monoisotopic (exact) mass is 352 g/mol. The van der Waals surface area contributed by atoms with Crippen LogP contribution in [-0.2, 0) is 4.79 Å². The number of carbonyl (C=O) groups is 2. The predicted octanol–water partition coefficient (Wildman–Crippen LogP) is 2.39. The van der Waals surface area contributed by atoms with Gasteiger partial charge in [0.15, 0.2) is 5.01 Å². The molecule has 25 heavy (non-hydrogen) atoms. The molecule has 1 aliphatic rings. The number of fused-ring (bicyclic) bond motifs is 1. The molecule has 1 atom stereocenters. The molecular weight excluding hydrogens is 336 g/mol. The second-order valence-electron chi connectivity index (χ2n) is 5.83. The van der Waals surface area contributed by atoms with Crippen LogP contribution in [-0.4, -0.2) is 39.8 Å². The van der Waals surface area contributed by atoms with Crippen LogP contribution in [0.25, 0.3) is 10.3 Å². The molecule has 3 heterocycles. The Morgan fingerprint density at radius 2 is 2.04 bits per heavy atom. The van der Waals surface area contributed by atoms with Crippen LogP contribution < -0.4 is 5.32 Å². The number of nitrogens with zero attached hydrogens (tertiary/aromatic N) is 3. The lowest BCUT2D eigenvalue weighted by Gasteiger charge is -2.28. The first-order valence-corrected chi connectivity index (χ1v) is 8.88. The van der Waals surface area contributed by atoms with Crippen LogP contribution >= 0.6 is 11.3 Å². The standard InChI is InChI=1S/C18H16N4O2S/c23-15-11-14(12-5-2-1-3-6-12)22(10-9-19-15)18(24)17-21-13-7-4-8-20-16(13)25-17/h1-8,14H,9-11H2,(H,19,23). The van der Waals surface area contributed by atoms with Crippen molar-refractivity contribution in [2.24, 2.45) is 0 Å². The van der Waals surface area contributed by atoms with Crippen molar-refractivity contribution >= 4 is 33.5 Å². The highest BCUT2D eigenvalue weighted by Gasteiger charge is 2.31. The number of hydrogen-bond donors (Lipinski definition) is 1. The molecule has 0 spiro atoms. The summed E-state index contributed by atoms with van der Waals surface area (Å²) in [5.41, 5.74) is 1.67. The summed E-state index contributed by atoms with van der Waals surface area (Å²) in [6.45, 7) is 0.893. The summed E-state index contributed by atoms with van der Waals surface area (Å²) in [4.78, 5) is 36.3. The van der Waals surface area contributed by atoms with E-state index in [1.54, 1.807) is 17.2 Å². The molecule has 126 valence electrons. The molecule has 0 bridgehead atoms. The fraction of sp³-hybridized carbons (Fsp3) is 0.222. The highest BCUT2D eigenvalue weighted by molar-refractivity contribution is 7.19. The van der Waals surface area contributed by atoms with Crippen LogP contribution in [0.4, 0.5) is 0 Å². The Bertz CT molecular complexity index is 892. The largest absolute Gasteiger partial charge is 0.354 e. The number of amides is 2. The first-order chi connectivity index (χ1) is 12.2. The summed E-state index contributed by atoms with van der Waals surface area (Å²) in [5, 5.41) is 3.25. The van der Waals surface area contributed by atoms with Crippen LogP contribution in [0.1, 0.15) is 27.8 Å². The van der Waals surface area contributed by atoms with Gasteiger partial charge >= 0.3 is 0 Å². The van der Waals surface area contributed by atoms with Crippen LogP contribution in [0.15, 0.2) is 48.7 Å². The molecule has 1 unspecified atom stereocenters. The molecular formula is C18H16N4O2S. The minimum Gasteiger partial charge on any atom is -0.354 e. The Kier molecular flexibility index (Phi) is 4.15. The molecule has 2 amide bonds. The van der Waals surface area contributed by atoms with E-state index in [2.05, 4.69) is 15.3 Å². The number of thiazole rings is 1. The zero-order valence-corrected chi connectivity index (χ0v) is 14.2. The average molecular weight is 352 g/mol. The molecule has 1 aliphatic heterocycles. The van der Waals surface area contributed by atoms with Crippen LogP contribution in [0, 0.1) is 0 Å². The minimum absolute atomic E-state index is 0.0462. The molecule has 1 fully saturated rings. The first-order valence-electron chi connectivity index (χ1n) is 8.06. The summed E-state index contributed by atoms with van der Waals surface area (Å²) in [6.07, 6.45) is 1.94. The van der Waals surface area contributed by atoms with Crippen molar-refractivity contribution in [1.82, 2.24) is 20.2 Å². The third kappa shape index (κ3) is 3.10. The summed E-state index contributed by atoms with van der Waals surface area (Å²) in [7, 11) is 0. The quantitative estimate of drug-likeness (QED) is 0.768. The van der Waals surface area contributed by atoms with Gasteiger partial charge in [-0.2, -0.15) is 0 Å². The van der Waals surface area contributed by atoms with E-state index in [-0.39, 0.29) is 24.3 Å². The Morgan fingerprint density at radius 3 is 2.84 bits per heavy atom. The first kappa shape index (κ1) is 15.7. The smallest absolute Gasteiger partial charge is 0.283 e. The Morgan fingerprint density at radius 1 is 1.20 bits per heavy atom. The van der Waals surface area contributed by atoms with E-state index in [1.165, 1.54) is 11.3 Å². The molecule has 7 heteroatoms. The molecule has 1 N–H and O–H groups in total. The van der Waals surface area contributed by atoms with Crippen LogP contribution in [0.5, 0.6) is 0 Å². The molecule has 2 aromatic heterocycles. The van der Waals surface area contributed by atoms with Gasteiger partial charge in [0.05, 0.1) is 12.5 Å². The molecule has 0 radical (unpaired) electrons. The van der Waals surface area contributed by atoms with Gasteiger partial charge in [-0.1, -0.05) is 41.7 Å². The Hall–Kier alpha value is -2.80. The van der Waals surface area contributed by atoms with Crippen LogP contribution in [0.3, 0.4) is 0 Å². The van der Waals surface area contributed by atoms with Gasteiger partial charge in [0, 0.05) is 19.3 Å². The van der Waals surface area contributed by atoms with Crippen molar-refractivity contribution in [3.05, 3.63) is 59.2 Å². The van der Waals surface area contributed by atoms with E-state index < -0.39 is 0 Å². The van der Waals surface area contributed by atoms with Crippen molar-refractivity contribution in [3.63, 3.8) is 0 Å².